The van der Waals surface area contributed by atoms with E-state index in [1.54, 1.807) is 0 Å². The average molecular weight is 246 g/mol. The van der Waals surface area contributed by atoms with Crippen molar-refractivity contribution in [2.24, 2.45) is 5.92 Å². The third kappa shape index (κ3) is 3.82. The zero-order valence-electron chi connectivity index (χ0n) is 11.9. The maximum atomic E-state index is 3.62. The summed E-state index contributed by atoms with van der Waals surface area (Å²) in [4.78, 5) is 2.48. The van der Waals surface area contributed by atoms with E-state index < -0.39 is 0 Å². The molecule has 1 fully saturated rings. The van der Waals surface area contributed by atoms with Crippen LogP contribution in [0.3, 0.4) is 0 Å². The Balaban J connectivity index is 2.00. The number of aryl methyl sites for hydroxylation is 1. The highest BCUT2D eigenvalue weighted by atomic mass is 15.1. The quantitative estimate of drug-likeness (QED) is 0.795. The number of nitrogens with one attached hydrogen (secondary N) is 1. The van der Waals surface area contributed by atoms with Gasteiger partial charge in [0.05, 0.1) is 0 Å². The summed E-state index contributed by atoms with van der Waals surface area (Å²) in [7, 11) is 2.25. The molecule has 1 aromatic rings. The maximum absolute atomic E-state index is 3.62. The predicted octanol–water partition coefficient (Wildman–Crippen LogP) is 2.99. The molecule has 0 radical (unpaired) electrons. The van der Waals surface area contributed by atoms with Gasteiger partial charge in [-0.3, -0.25) is 0 Å². The fraction of sp³-hybridized carbons (Fsp3) is 0.625. The second-order valence-corrected chi connectivity index (χ2v) is 5.63. The summed E-state index contributed by atoms with van der Waals surface area (Å²) in [6, 6.07) is 9.19. The van der Waals surface area contributed by atoms with Crippen LogP contribution < -0.4 is 5.32 Å². The molecule has 0 heterocycles. The normalized spacial score (nSPS) is 17.1. The molecule has 0 aliphatic heterocycles. The molecule has 1 aliphatic carbocycles. The van der Waals surface area contributed by atoms with E-state index >= 15 is 0 Å². The van der Waals surface area contributed by atoms with E-state index in [0.29, 0.717) is 6.04 Å². The third-order valence-corrected chi connectivity index (χ3v) is 3.78. The molecule has 1 unspecified atom stereocenters. The Labute approximate surface area is 111 Å². The molecule has 1 aromatic carbocycles. The van der Waals surface area contributed by atoms with Gasteiger partial charge in [-0.05, 0) is 50.4 Å². The Bertz CT molecular complexity index is 371. The topological polar surface area (TPSA) is 15.3 Å². The lowest BCUT2D eigenvalue weighted by Gasteiger charge is -2.26. The molecule has 18 heavy (non-hydrogen) atoms. The Morgan fingerprint density at radius 3 is 2.67 bits per heavy atom. The summed E-state index contributed by atoms with van der Waals surface area (Å²) in [5.74, 6) is 0.967. The molecule has 0 aromatic heterocycles. The fourth-order valence-corrected chi connectivity index (χ4v) is 2.62. The first-order chi connectivity index (χ1) is 8.70. The van der Waals surface area contributed by atoms with Crippen LogP contribution in [0.25, 0.3) is 0 Å². The number of nitrogens with zero attached hydrogens (tertiary/aromatic N) is 1. The molecule has 0 amide bonds. The number of hydrogen-bond donors (Lipinski definition) is 1. The van der Waals surface area contributed by atoms with Crippen molar-refractivity contribution in [1.82, 2.24) is 10.2 Å². The Hall–Kier alpha value is -0.860. The van der Waals surface area contributed by atoms with Crippen molar-refractivity contribution >= 4 is 0 Å². The van der Waals surface area contributed by atoms with E-state index in [4.69, 9.17) is 0 Å². The smallest absolute Gasteiger partial charge is 0.0451 e. The monoisotopic (exact) mass is 246 g/mol. The Morgan fingerprint density at radius 2 is 2.06 bits per heavy atom. The summed E-state index contributed by atoms with van der Waals surface area (Å²) >= 11 is 0. The molecule has 0 spiro atoms. The van der Waals surface area contributed by atoms with Crippen LogP contribution in [0.15, 0.2) is 24.3 Å². The van der Waals surface area contributed by atoms with E-state index in [0.717, 1.165) is 19.0 Å². The highest BCUT2D eigenvalue weighted by Gasteiger charge is 2.24. The van der Waals surface area contributed by atoms with Crippen LogP contribution in [0.5, 0.6) is 0 Å². The largest absolute Gasteiger partial charge is 0.309 e. The van der Waals surface area contributed by atoms with E-state index in [1.165, 1.54) is 30.5 Å². The Morgan fingerprint density at radius 1 is 1.33 bits per heavy atom. The summed E-state index contributed by atoms with van der Waals surface area (Å²) in [6.45, 7) is 7.78. The van der Waals surface area contributed by atoms with E-state index in [1.807, 2.05) is 0 Å². The van der Waals surface area contributed by atoms with Gasteiger partial charge in [0.2, 0.25) is 0 Å². The van der Waals surface area contributed by atoms with Gasteiger partial charge in [0.15, 0.2) is 0 Å². The third-order valence-electron chi connectivity index (χ3n) is 3.78. The Kier molecular flexibility index (Phi) is 4.79. The lowest BCUT2D eigenvalue weighted by molar-refractivity contribution is 0.281. The van der Waals surface area contributed by atoms with Gasteiger partial charge in [-0.25, -0.2) is 0 Å². The van der Waals surface area contributed by atoms with Gasteiger partial charge in [-0.15, -0.1) is 0 Å². The number of benzene rings is 1. The van der Waals surface area contributed by atoms with Gasteiger partial charge in [0, 0.05) is 19.1 Å². The van der Waals surface area contributed by atoms with Gasteiger partial charge >= 0.3 is 0 Å². The van der Waals surface area contributed by atoms with Crippen LogP contribution in [-0.2, 0) is 0 Å². The van der Waals surface area contributed by atoms with Crippen molar-refractivity contribution in [3.63, 3.8) is 0 Å². The molecule has 1 atom stereocenters. The predicted molar refractivity (Wildman–Crippen MR) is 77.8 cm³/mol. The first-order valence-corrected chi connectivity index (χ1v) is 7.18. The molecular formula is C16H26N2. The summed E-state index contributed by atoms with van der Waals surface area (Å²) in [5.41, 5.74) is 2.84. The molecule has 2 nitrogen and oxygen atoms in total. The minimum atomic E-state index is 0.458. The molecular weight excluding hydrogens is 220 g/mol. The second-order valence-electron chi connectivity index (χ2n) is 5.63. The minimum Gasteiger partial charge on any atom is -0.309 e. The van der Waals surface area contributed by atoms with Crippen molar-refractivity contribution in [2.45, 2.75) is 32.7 Å². The lowest BCUT2D eigenvalue weighted by Crippen LogP contribution is -2.34. The highest BCUT2D eigenvalue weighted by molar-refractivity contribution is 5.29. The van der Waals surface area contributed by atoms with Gasteiger partial charge in [-0.2, -0.15) is 0 Å². The maximum Gasteiger partial charge on any atom is 0.0451 e. The zero-order chi connectivity index (χ0) is 13.0. The fourth-order valence-electron chi connectivity index (χ4n) is 2.62. The summed E-state index contributed by atoms with van der Waals surface area (Å²) in [6.07, 6.45) is 2.86. The standard InChI is InChI=1S/C16H26N2/c1-4-17-16(12-18(3)11-14-9-10-14)15-8-6-5-7-13(15)2/h5-8,14,16-17H,4,9-12H2,1-3H3. The first-order valence-electron chi connectivity index (χ1n) is 7.18. The van der Waals surface area contributed by atoms with Crippen LogP contribution >= 0.6 is 0 Å². The summed E-state index contributed by atoms with van der Waals surface area (Å²) < 4.78 is 0. The average Bonchev–Trinajstić information content (AvgIpc) is 3.13. The molecule has 1 N–H and O–H groups in total. The molecule has 2 rings (SSSR count). The van der Waals surface area contributed by atoms with Crippen molar-refractivity contribution in [3.05, 3.63) is 35.4 Å². The number of hydrogen-bond acceptors (Lipinski definition) is 2. The molecule has 100 valence electrons. The van der Waals surface area contributed by atoms with Crippen molar-refractivity contribution in [1.29, 1.82) is 0 Å². The molecule has 1 saturated carbocycles. The van der Waals surface area contributed by atoms with Crippen molar-refractivity contribution in [2.75, 3.05) is 26.7 Å². The van der Waals surface area contributed by atoms with Gasteiger partial charge in [0.1, 0.15) is 0 Å². The molecule has 0 bridgehead atoms. The van der Waals surface area contributed by atoms with E-state index in [9.17, 15) is 0 Å². The van der Waals surface area contributed by atoms with Gasteiger partial charge in [0.25, 0.3) is 0 Å². The lowest BCUT2D eigenvalue weighted by atomic mass is 10.0. The van der Waals surface area contributed by atoms with Crippen LogP contribution in [0.1, 0.15) is 36.9 Å². The van der Waals surface area contributed by atoms with Crippen LogP contribution in [-0.4, -0.2) is 31.6 Å². The van der Waals surface area contributed by atoms with E-state index in [-0.39, 0.29) is 0 Å². The van der Waals surface area contributed by atoms with E-state index in [2.05, 4.69) is 55.4 Å². The van der Waals surface area contributed by atoms with Crippen LogP contribution in [0.4, 0.5) is 0 Å². The van der Waals surface area contributed by atoms with Crippen molar-refractivity contribution < 1.29 is 0 Å². The molecule has 0 saturated heterocycles. The number of likely N-dealkylation sites (N-methyl/N-ethyl adjacent to an activating group) is 2. The van der Waals surface area contributed by atoms with Crippen LogP contribution in [0.2, 0.25) is 0 Å². The SMILES string of the molecule is CCNC(CN(C)CC1CC1)c1ccccc1C. The zero-order valence-corrected chi connectivity index (χ0v) is 11.9. The number of rotatable bonds is 7. The molecule has 1 aliphatic rings. The van der Waals surface area contributed by atoms with Gasteiger partial charge < -0.3 is 10.2 Å². The minimum absolute atomic E-state index is 0.458. The van der Waals surface area contributed by atoms with Crippen LogP contribution in [0, 0.1) is 12.8 Å². The summed E-state index contributed by atoms with van der Waals surface area (Å²) in [5, 5.41) is 3.62. The highest BCUT2D eigenvalue weighted by Crippen LogP contribution is 2.30. The van der Waals surface area contributed by atoms with Gasteiger partial charge in [-0.1, -0.05) is 31.2 Å². The van der Waals surface area contributed by atoms with Crippen molar-refractivity contribution in [3.8, 4) is 0 Å². The first kappa shape index (κ1) is 13.6. The second kappa shape index (κ2) is 6.35. The molecule has 2 heteroatoms.